The summed E-state index contributed by atoms with van der Waals surface area (Å²) in [5.41, 5.74) is 27.4. The lowest BCUT2D eigenvalue weighted by Crippen LogP contribution is -2.24. The van der Waals surface area contributed by atoms with Gasteiger partial charge in [0.05, 0.1) is 0 Å². The molecule has 0 amide bonds. The molecule has 1 N–H and O–H groups in total. The number of benzene rings is 5. The van der Waals surface area contributed by atoms with Crippen molar-refractivity contribution in [1.29, 1.82) is 0 Å². The molecule has 0 spiro atoms. The number of aryl methyl sites for hydroxylation is 1. The van der Waals surface area contributed by atoms with E-state index in [1.165, 1.54) is 191 Å². The first kappa shape index (κ1) is 61.0. The van der Waals surface area contributed by atoms with Gasteiger partial charge in [-0.1, -0.05) is 225 Å². The van der Waals surface area contributed by atoms with Crippen LogP contribution in [0, 0.1) is 5.41 Å². The third-order valence-corrected chi connectivity index (χ3v) is 20.0. The van der Waals surface area contributed by atoms with Gasteiger partial charge >= 0.3 is 0 Å². The van der Waals surface area contributed by atoms with Crippen molar-refractivity contribution in [3.8, 4) is 22.3 Å². The zero-order valence-corrected chi connectivity index (χ0v) is 53.2. The summed E-state index contributed by atoms with van der Waals surface area (Å²) in [6.45, 7) is 9.44. The average Bonchev–Trinajstić information content (AvgIpc) is 2.59. The number of hydrogen-bond acceptors (Lipinski definition) is 3. The molecule has 0 saturated heterocycles. The van der Waals surface area contributed by atoms with Gasteiger partial charge in [0.15, 0.2) is 0 Å². The van der Waals surface area contributed by atoms with E-state index in [2.05, 4.69) is 249 Å². The third-order valence-electron chi connectivity index (χ3n) is 20.0. The van der Waals surface area contributed by atoms with Gasteiger partial charge in [0.1, 0.15) is 0 Å². The molecule has 6 aliphatic carbocycles. The lowest BCUT2D eigenvalue weighted by molar-refractivity contribution is 0.354. The first-order chi connectivity index (χ1) is 42.8. The van der Waals surface area contributed by atoms with Crippen LogP contribution in [0.15, 0.2) is 268 Å². The Morgan fingerprint density at radius 2 is 0.805 bits per heavy atom. The number of allylic oxidation sites excluding steroid dienone is 24. The maximum Gasteiger partial charge on any atom is 0.0459 e. The average molecular weight is 1150 g/mol. The second-order valence-corrected chi connectivity index (χ2v) is 25.7. The first-order valence-electron chi connectivity index (χ1n) is 34.0. The van der Waals surface area contributed by atoms with Crippen molar-refractivity contribution in [3.63, 3.8) is 0 Å². The van der Waals surface area contributed by atoms with Crippen LogP contribution >= 0.6 is 0 Å². The SMILES string of the molecule is CCCCCCCCCCCCc1ccc(-c2ccc(NC3=CC=C(C4=CC=C(N(C5=CC=C(C6=CC=CCC6)CC5)c5ccc(N(C6=CC=C(C7=CC=C(C(C)(CC)CC)CC7)CC6)c6ccc(-c7ccccc7)cc6)cc5)CC4)CC3)cc2)cc1. The minimum absolute atomic E-state index is 0.302. The van der Waals surface area contributed by atoms with Crippen LogP contribution < -0.4 is 15.1 Å². The van der Waals surface area contributed by atoms with E-state index in [-0.39, 0.29) is 0 Å². The summed E-state index contributed by atoms with van der Waals surface area (Å²) >= 11 is 0. The van der Waals surface area contributed by atoms with Crippen molar-refractivity contribution >= 4 is 22.7 Å². The van der Waals surface area contributed by atoms with Crippen LogP contribution in [-0.4, -0.2) is 0 Å². The topological polar surface area (TPSA) is 18.5 Å². The van der Waals surface area contributed by atoms with E-state index in [9.17, 15) is 0 Å². The lowest BCUT2D eigenvalue weighted by Gasteiger charge is -2.35. The molecule has 0 fully saturated rings. The Balaban J connectivity index is 0.788. The van der Waals surface area contributed by atoms with Crippen LogP contribution in [0.3, 0.4) is 0 Å². The van der Waals surface area contributed by atoms with Gasteiger partial charge in [-0.25, -0.2) is 0 Å². The normalized spacial score (nSPS) is 17.0. The van der Waals surface area contributed by atoms with Crippen LogP contribution in [0.2, 0.25) is 0 Å². The highest BCUT2D eigenvalue weighted by Crippen LogP contribution is 2.44. The quantitative estimate of drug-likeness (QED) is 0.0529. The molecule has 11 rings (SSSR count). The maximum absolute atomic E-state index is 3.76. The monoisotopic (exact) mass is 1150 g/mol. The van der Waals surface area contributed by atoms with Crippen molar-refractivity contribution in [1.82, 2.24) is 0 Å². The molecule has 5 aromatic carbocycles. The zero-order chi connectivity index (χ0) is 59.6. The van der Waals surface area contributed by atoms with E-state index in [0.717, 1.165) is 76.3 Å². The van der Waals surface area contributed by atoms with Crippen LogP contribution in [0.4, 0.5) is 22.7 Å². The number of nitrogens with zero attached hydrogens (tertiary/aromatic N) is 2. The third kappa shape index (κ3) is 15.8. The van der Waals surface area contributed by atoms with Crippen LogP contribution in [0.5, 0.6) is 0 Å². The lowest BCUT2D eigenvalue weighted by atomic mass is 9.73. The fraction of sp³-hybridized carbons (Fsp3) is 0.357. The van der Waals surface area contributed by atoms with E-state index in [0.29, 0.717) is 5.41 Å². The fourth-order valence-corrected chi connectivity index (χ4v) is 14.0. The molecular weight excluding hydrogens is 1050 g/mol. The summed E-state index contributed by atoms with van der Waals surface area (Å²) in [5, 5.41) is 3.76. The van der Waals surface area contributed by atoms with Gasteiger partial charge in [-0.05, 0) is 242 Å². The Kier molecular flexibility index (Phi) is 21.3. The second kappa shape index (κ2) is 30.3. The standard InChI is InChI=1S/C84H97N3/c1-5-8-9-10-11-12-13-14-15-18-23-64-28-30-67(31-29-64)69-34-48-76(49-35-69)85-77-50-36-70(37-51-77)74-44-58-81(59-45-74)87(79-54-40-72(41-55-79)66-26-21-17-22-27-66)83-62-60-82(61-63-83)86(78-52-38-71(39-53-78)65-24-19-16-20-25-65)80-56-42-73(43-57-80)68-32-46-75(47-33-68)84(4,6-2)7-3/h16-17,19-21,24-26,28-32,34-36,38-40,42,44,46,48-50,52-54,56,58,60-63,85H,5-15,18,22-23,27,33,37,41,43,45,47,51,55,57,59H2,1-4H3. The molecule has 448 valence electrons. The Morgan fingerprint density at radius 3 is 1.28 bits per heavy atom. The summed E-state index contributed by atoms with van der Waals surface area (Å²) in [6.07, 6.45) is 61.1. The maximum atomic E-state index is 3.76. The Bertz CT molecular complexity index is 3520. The molecule has 0 saturated carbocycles. The summed E-state index contributed by atoms with van der Waals surface area (Å²) < 4.78 is 0. The molecule has 0 atom stereocenters. The number of hydrogen-bond donors (Lipinski definition) is 1. The largest absolute Gasteiger partial charge is 0.359 e. The Hall–Kier alpha value is -7.62. The molecule has 6 aliphatic rings. The van der Waals surface area contributed by atoms with Gasteiger partial charge in [-0.3, -0.25) is 0 Å². The van der Waals surface area contributed by atoms with Gasteiger partial charge in [-0.15, -0.1) is 0 Å². The summed E-state index contributed by atoms with van der Waals surface area (Å²) in [6, 6.07) is 47.8. The van der Waals surface area contributed by atoms with Crippen molar-refractivity contribution < 1.29 is 0 Å². The second-order valence-electron chi connectivity index (χ2n) is 25.7. The van der Waals surface area contributed by atoms with E-state index in [1.807, 2.05) is 0 Å². The Labute approximate surface area is 524 Å². The molecular formula is C84H97N3. The van der Waals surface area contributed by atoms with Crippen molar-refractivity contribution in [2.45, 2.75) is 188 Å². The van der Waals surface area contributed by atoms with Crippen LogP contribution in [-0.2, 0) is 6.42 Å². The molecule has 87 heavy (non-hydrogen) atoms. The smallest absolute Gasteiger partial charge is 0.0459 e. The molecule has 3 heteroatoms. The van der Waals surface area contributed by atoms with Gasteiger partial charge in [0.2, 0.25) is 0 Å². The zero-order valence-electron chi connectivity index (χ0n) is 53.2. The number of nitrogens with one attached hydrogen (secondary N) is 1. The minimum Gasteiger partial charge on any atom is -0.359 e. The highest BCUT2D eigenvalue weighted by atomic mass is 15.2. The van der Waals surface area contributed by atoms with Crippen molar-refractivity contribution in [3.05, 3.63) is 274 Å². The predicted molar refractivity (Wildman–Crippen MR) is 376 cm³/mol. The molecule has 0 radical (unpaired) electrons. The summed E-state index contributed by atoms with van der Waals surface area (Å²) in [4.78, 5) is 5.10. The molecule has 0 aliphatic heterocycles. The van der Waals surface area contributed by atoms with E-state index < -0.39 is 0 Å². The molecule has 5 aromatic rings. The minimum atomic E-state index is 0.302. The van der Waals surface area contributed by atoms with Gasteiger partial charge in [0, 0.05) is 45.5 Å². The molecule has 0 heterocycles. The number of unbranched alkanes of at least 4 members (excludes halogenated alkanes) is 9. The van der Waals surface area contributed by atoms with Gasteiger partial charge in [0.25, 0.3) is 0 Å². The predicted octanol–water partition coefficient (Wildman–Crippen LogP) is 24.7. The molecule has 0 unspecified atom stereocenters. The number of anilines is 4. The van der Waals surface area contributed by atoms with Crippen LogP contribution in [0.1, 0.15) is 187 Å². The van der Waals surface area contributed by atoms with E-state index >= 15 is 0 Å². The van der Waals surface area contributed by atoms with E-state index in [4.69, 9.17) is 0 Å². The highest BCUT2D eigenvalue weighted by Gasteiger charge is 2.28. The van der Waals surface area contributed by atoms with Gasteiger partial charge in [-0.2, -0.15) is 0 Å². The Morgan fingerprint density at radius 1 is 0.368 bits per heavy atom. The van der Waals surface area contributed by atoms with Crippen molar-refractivity contribution in [2.24, 2.45) is 5.41 Å². The summed E-state index contributed by atoms with van der Waals surface area (Å²) in [5.74, 6) is 0. The van der Waals surface area contributed by atoms with Crippen LogP contribution in [0.25, 0.3) is 22.3 Å². The number of rotatable bonds is 27. The van der Waals surface area contributed by atoms with Gasteiger partial charge < -0.3 is 15.1 Å². The molecule has 0 aromatic heterocycles. The first-order valence-corrected chi connectivity index (χ1v) is 34.0. The fourth-order valence-electron chi connectivity index (χ4n) is 14.0. The molecule has 0 bridgehead atoms. The van der Waals surface area contributed by atoms with E-state index in [1.54, 1.807) is 5.57 Å². The summed E-state index contributed by atoms with van der Waals surface area (Å²) in [7, 11) is 0. The van der Waals surface area contributed by atoms with Crippen molar-refractivity contribution in [2.75, 3.05) is 15.1 Å². The molecule has 3 nitrogen and oxygen atoms in total. The highest BCUT2D eigenvalue weighted by molar-refractivity contribution is 5.75.